The van der Waals surface area contributed by atoms with Gasteiger partial charge in [-0.3, -0.25) is 0 Å². The van der Waals surface area contributed by atoms with Crippen LogP contribution in [0.4, 0.5) is 5.13 Å². The maximum atomic E-state index is 4.46. The molecule has 0 aromatic carbocycles. The van der Waals surface area contributed by atoms with E-state index in [1.807, 2.05) is 6.20 Å². The van der Waals surface area contributed by atoms with E-state index in [0.29, 0.717) is 6.04 Å². The molecule has 16 heavy (non-hydrogen) atoms. The Balaban J connectivity index is 1.64. The van der Waals surface area contributed by atoms with Crippen LogP contribution in [-0.4, -0.2) is 30.2 Å². The quantitative estimate of drug-likeness (QED) is 0.870. The van der Waals surface area contributed by atoms with Crippen LogP contribution in [0.15, 0.2) is 11.6 Å². The molecule has 4 heteroatoms. The minimum absolute atomic E-state index is 0.679. The van der Waals surface area contributed by atoms with Crippen LogP contribution in [0.3, 0.4) is 0 Å². The van der Waals surface area contributed by atoms with Gasteiger partial charge in [0.15, 0.2) is 5.13 Å². The van der Waals surface area contributed by atoms with Gasteiger partial charge in [-0.15, -0.1) is 11.3 Å². The summed E-state index contributed by atoms with van der Waals surface area (Å²) in [6.45, 7) is 2.35. The number of piperidine rings is 1. The second-order valence-electron chi connectivity index (χ2n) is 4.85. The average molecular weight is 237 g/mol. The van der Waals surface area contributed by atoms with Gasteiger partial charge in [-0.25, -0.2) is 4.98 Å². The number of nitrogens with one attached hydrogen (secondary N) is 1. The van der Waals surface area contributed by atoms with Gasteiger partial charge in [0.05, 0.1) is 0 Å². The molecule has 3 nitrogen and oxygen atoms in total. The summed E-state index contributed by atoms with van der Waals surface area (Å²) in [6, 6.07) is 1.45. The summed E-state index contributed by atoms with van der Waals surface area (Å²) in [5.74, 6) is 0. The maximum absolute atomic E-state index is 4.46. The summed E-state index contributed by atoms with van der Waals surface area (Å²) in [7, 11) is 0. The van der Waals surface area contributed by atoms with Crippen molar-refractivity contribution in [1.29, 1.82) is 0 Å². The van der Waals surface area contributed by atoms with E-state index in [9.17, 15) is 0 Å². The molecule has 3 rings (SSSR count). The molecular weight excluding hydrogens is 218 g/mol. The van der Waals surface area contributed by atoms with Crippen LogP contribution in [0.25, 0.3) is 0 Å². The van der Waals surface area contributed by atoms with Gasteiger partial charge in [0.25, 0.3) is 0 Å². The monoisotopic (exact) mass is 237 g/mol. The van der Waals surface area contributed by atoms with Crippen LogP contribution in [0, 0.1) is 0 Å². The Hall–Kier alpha value is -0.610. The molecule has 1 aromatic heterocycles. The SMILES string of the molecule is c1csc(N(CC2CCCCN2)C2CC2)n1. The molecule has 1 aromatic rings. The fourth-order valence-electron chi connectivity index (χ4n) is 2.44. The Morgan fingerprint density at radius 2 is 2.31 bits per heavy atom. The van der Waals surface area contributed by atoms with Crippen LogP contribution < -0.4 is 10.2 Å². The first-order valence-electron chi connectivity index (χ1n) is 6.33. The number of thiazole rings is 1. The van der Waals surface area contributed by atoms with Gasteiger partial charge < -0.3 is 10.2 Å². The highest BCUT2D eigenvalue weighted by Crippen LogP contribution is 2.33. The lowest BCUT2D eigenvalue weighted by molar-refractivity contribution is 0.398. The Morgan fingerprint density at radius 1 is 1.38 bits per heavy atom. The van der Waals surface area contributed by atoms with Crippen LogP contribution >= 0.6 is 11.3 Å². The van der Waals surface area contributed by atoms with Crippen LogP contribution in [0.5, 0.6) is 0 Å². The van der Waals surface area contributed by atoms with Crippen molar-refractivity contribution in [3.05, 3.63) is 11.6 Å². The molecule has 88 valence electrons. The lowest BCUT2D eigenvalue weighted by Gasteiger charge is -2.30. The van der Waals surface area contributed by atoms with E-state index in [1.165, 1.54) is 43.8 Å². The van der Waals surface area contributed by atoms with E-state index in [1.54, 1.807) is 11.3 Å². The fraction of sp³-hybridized carbons (Fsp3) is 0.750. The molecule has 1 aliphatic heterocycles. The molecular formula is C12H19N3S. The van der Waals surface area contributed by atoms with Gasteiger partial charge in [-0.2, -0.15) is 0 Å². The van der Waals surface area contributed by atoms with Crippen molar-refractivity contribution >= 4 is 16.5 Å². The van der Waals surface area contributed by atoms with E-state index in [2.05, 4.69) is 20.6 Å². The number of nitrogens with zero attached hydrogens (tertiary/aromatic N) is 2. The van der Waals surface area contributed by atoms with E-state index in [0.717, 1.165) is 12.6 Å². The average Bonchev–Trinajstić information content (AvgIpc) is 3.02. The summed E-state index contributed by atoms with van der Waals surface area (Å²) in [5.41, 5.74) is 0. The Morgan fingerprint density at radius 3 is 2.94 bits per heavy atom. The number of hydrogen-bond donors (Lipinski definition) is 1. The zero-order valence-corrected chi connectivity index (χ0v) is 10.4. The van der Waals surface area contributed by atoms with Crippen molar-refractivity contribution in [3.8, 4) is 0 Å². The van der Waals surface area contributed by atoms with E-state index < -0.39 is 0 Å². The predicted molar refractivity (Wildman–Crippen MR) is 68.1 cm³/mol. The molecule has 1 saturated carbocycles. The normalized spacial score (nSPS) is 25.6. The number of aromatic nitrogens is 1. The molecule has 1 atom stereocenters. The number of hydrogen-bond acceptors (Lipinski definition) is 4. The molecule has 1 saturated heterocycles. The summed E-state index contributed by atoms with van der Waals surface area (Å²) >= 11 is 1.77. The first kappa shape index (κ1) is 10.5. The van der Waals surface area contributed by atoms with Gasteiger partial charge in [-0.1, -0.05) is 6.42 Å². The summed E-state index contributed by atoms with van der Waals surface area (Å²) in [5, 5.41) is 6.93. The molecule has 2 fully saturated rings. The Kier molecular flexibility index (Phi) is 3.11. The molecule has 2 aliphatic rings. The second kappa shape index (κ2) is 4.72. The third-order valence-electron chi connectivity index (χ3n) is 3.48. The van der Waals surface area contributed by atoms with Crippen LogP contribution in [0.2, 0.25) is 0 Å². The van der Waals surface area contributed by atoms with E-state index in [-0.39, 0.29) is 0 Å². The summed E-state index contributed by atoms with van der Waals surface area (Å²) in [4.78, 5) is 6.98. The Labute approximate surface area is 101 Å². The van der Waals surface area contributed by atoms with Crippen molar-refractivity contribution in [2.45, 2.75) is 44.2 Å². The van der Waals surface area contributed by atoms with Gasteiger partial charge in [0.1, 0.15) is 0 Å². The topological polar surface area (TPSA) is 28.2 Å². The molecule has 0 amide bonds. The van der Waals surface area contributed by atoms with Gasteiger partial charge in [0.2, 0.25) is 0 Å². The standard InChI is InChI=1S/C12H19N3S/c1-2-6-13-10(3-1)9-15(11-4-5-11)12-14-7-8-16-12/h7-8,10-11,13H,1-6,9H2. The molecule has 0 radical (unpaired) electrons. The van der Waals surface area contributed by atoms with Crippen molar-refractivity contribution in [3.63, 3.8) is 0 Å². The van der Waals surface area contributed by atoms with E-state index in [4.69, 9.17) is 0 Å². The van der Waals surface area contributed by atoms with Gasteiger partial charge in [-0.05, 0) is 32.2 Å². The summed E-state index contributed by atoms with van der Waals surface area (Å²) in [6.07, 6.45) is 8.68. The third-order valence-corrected chi connectivity index (χ3v) is 4.29. The van der Waals surface area contributed by atoms with Gasteiger partial charge in [0, 0.05) is 30.2 Å². The zero-order valence-electron chi connectivity index (χ0n) is 9.56. The largest absolute Gasteiger partial charge is 0.344 e. The zero-order chi connectivity index (χ0) is 10.8. The van der Waals surface area contributed by atoms with Gasteiger partial charge >= 0.3 is 0 Å². The number of rotatable bonds is 4. The van der Waals surface area contributed by atoms with Crippen LogP contribution in [0.1, 0.15) is 32.1 Å². The lowest BCUT2D eigenvalue weighted by Crippen LogP contribution is -2.44. The summed E-state index contributed by atoms with van der Waals surface area (Å²) < 4.78 is 0. The van der Waals surface area contributed by atoms with E-state index >= 15 is 0 Å². The highest BCUT2D eigenvalue weighted by atomic mass is 32.1. The minimum atomic E-state index is 0.679. The predicted octanol–water partition coefficient (Wildman–Crippen LogP) is 2.25. The van der Waals surface area contributed by atoms with Crippen molar-refractivity contribution in [1.82, 2.24) is 10.3 Å². The molecule has 0 bridgehead atoms. The molecule has 0 spiro atoms. The maximum Gasteiger partial charge on any atom is 0.185 e. The lowest BCUT2D eigenvalue weighted by atomic mass is 10.0. The molecule has 2 heterocycles. The smallest absolute Gasteiger partial charge is 0.185 e. The molecule has 1 unspecified atom stereocenters. The first-order valence-corrected chi connectivity index (χ1v) is 7.21. The number of anilines is 1. The third kappa shape index (κ3) is 2.38. The first-order chi connectivity index (χ1) is 7.93. The van der Waals surface area contributed by atoms with Crippen molar-refractivity contribution in [2.24, 2.45) is 0 Å². The van der Waals surface area contributed by atoms with Crippen molar-refractivity contribution in [2.75, 3.05) is 18.0 Å². The fourth-order valence-corrected chi connectivity index (χ4v) is 3.17. The minimum Gasteiger partial charge on any atom is -0.344 e. The van der Waals surface area contributed by atoms with Crippen molar-refractivity contribution < 1.29 is 0 Å². The molecule has 1 N–H and O–H groups in total. The molecule has 1 aliphatic carbocycles. The second-order valence-corrected chi connectivity index (χ2v) is 5.72. The highest BCUT2D eigenvalue weighted by molar-refractivity contribution is 7.13. The Bertz CT molecular complexity index is 315. The highest BCUT2D eigenvalue weighted by Gasteiger charge is 2.32. The van der Waals surface area contributed by atoms with Crippen LogP contribution in [-0.2, 0) is 0 Å².